The van der Waals surface area contributed by atoms with Gasteiger partial charge in [0.2, 0.25) is 0 Å². The maximum Gasteiger partial charge on any atom is 0.156 e. The molecule has 0 aliphatic heterocycles. The van der Waals surface area contributed by atoms with Crippen LogP contribution in [0.2, 0.25) is 10.0 Å². The predicted octanol–water partition coefficient (Wildman–Crippen LogP) is 8.50. The van der Waals surface area contributed by atoms with Crippen LogP contribution in [0.3, 0.4) is 0 Å². The van der Waals surface area contributed by atoms with E-state index in [2.05, 4.69) is 6.07 Å². The summed E-state index contributed by atoms with van der Waals surface area (Å²) < 4.78 is 17.3. The minimum atomic E-state index is 0.134. The van der Waals surface area contributed by atoms with E-state index >= 15 is 0 Å². The molecule has 0 aliphatic carbocycles. The monoisotopic (exact) mass is 496 g/mol. The van der Waals surface area contributed by atoms with E-state index in [0.717, 1.165) is 29.9 Å². The highest BCUT2D eigenvalue weighted by Crippen LogP contribution is 2.37. The number of para-hydroxylation sites is 1. The summed E-state index contributed by atoms with van der Waals surface area (Å²) in [4.78, 5) is 0. The summed E-state index contributed by atoms with van der Waals surface area (Å²) >= 11 is 23.7. The third-order valence-electron chi connectivity index (χ3n) is 4.19. The first-order valence-electron chi connectivity index (χ1n) is 9.59. The Morgan fingerprint density at radius 2 is 1.48 bits per heavy atom. The molecular weight excluding hydrogens is 478 g/mol. The van der Waals surface area contributed by atoms with E-state index < -0.39 is 0 Å². The number of ether oxygens (including phenoxy) is 3. The van der Waals surface area contributed by atoms with Crippen molar-refractivity contribution in [3.8, 4) is 23.0 Å². The van der Waals surface area contributed by atoms with Gasteiger partial charge in [-0.3, -0.25) is 0 Å². The molecule has 31 heavy (non-hydrogen) atoms. The fraction of sp³-hybridized carbons (Fsp3) is 0.167. The first-order valence-corrected chi connectivity index (χ1v) is 11.1. The average molecular weight is 498 g/mol. The highest BCUT2D eigenvalue weighted by Gasteiger charge is 2.11. The fourth-order valence-electron chi connectivity index (χ4n) is 2.80. The van der Waals surface area contributed by atoms with Gasteiger partial charge in [0, 0.05) is 12.1 Å². The van der Waals surface area contributed by atoms with Crippen LogP contribution >= 0.6 is 46.4 Å². The molecule has 0 atom stereocenters. The van der Waals surface area contributed by atoms with Gasteiger partial charge in [-0.25, -0.2) is 0 Å². The van der Waals surface area contributed by atoms with E-state index in [-0.39, 0.29) is 11.1 Å². The van der Waals surface area contributed by atoms with Gasteiger partial charge >= 0.3 is 0 Å². The Morgan fingerprint density at radius 3 is 2.19 bits per heavy atom. The molecule has 3 nitrogen and oxygen atoms in total. The number of hydrogen-bond donors (Lipinski definition) is 0. The van der Waals surface area contributed by atoms with Crippen LogP contribution in [0.25, 0.3) is 0 Å². The van der Waals surface area contributed by atoms with Crippen LogP contribution in [-0.2, 0) is 6.42 Å². The quantitative estimate of drug-likeness (QED) is 0.263. The molecule has 0 unspecified atom stereocenters. The second kappa shape index (κ2) is 12.1. The first kappa shape index (κ1) is 23.6. The minimum absolute atomic E-state index is 0.134. The molecule has 3 aromatic rings. The van der Waals surface area contributed by atoms with Crippen LogP contribution < -0.4 is 14.2 Å². The normalized spacial score (nSPS) is 10.5. The zero-order chi connectivity index (χ0) is 22.1. The van der Waals surface area contributed by atoms with Crippen molar-refractivity contribution in [3.05, 3.63) is 92.9 Å². The SMILES string of the molecule is ClC(Cl)=CCOc1cc(Cl)c(OCCCc2cccc(Oc3ccccc3)c2)c(Cl)c1. The molecule has 0 amide bonds. The fourth-order valence-corrected chi connectivity index (χ4v) is 3.50. The third kappa shape index (κ3) is 7.86. The molecule has 0 N–H and O–H groups in total. The van der Waals surface area contributed by atoms with Gasteiger partial charge in [0.25, 0.3) is 0 Å². The number of rotatable bonds is 10. The Labute approximate surface area is 202 Å². The zero-order valence-electron chi connectivity index (χ0n) is 16.5. The van der Waals surface area contributed by atoms with Gasteiger partial charge in [-0.1, -0.05) is 76.7 Å². The summed E-state index contributed by atoms with van der Waals surface area (Å²) in [6.45, 7) is 0.677. The van der Waals surface area contributed by atoms with Gasteiger partial charge in [-0.15, -0.1) is 0 Å². The van der Waals surface area contributed by atoms with Gasteiger partial charge in [-0.05, 0) is 48.7 Å². The lowest BCUT2D eigenvalue weighted by Gasteiger charge is -2.12. The van der Waals surface area contributed by atoms with Crippen molar-refractivity contribution < 1.29 is 14.2 Å². The van der Waals surface area contributed by atoms with Crippen molar-refractivity contribution in [3.63, 3.8) is 0 Å². The molecule has 0 aromatic heterocycles. The molecule has 0 radical (unpaired) electrons. The molecule has 0 saturated carbocycles. The lowest BCUT2D eigenvalue weighted by Crippen LogP contribution is -2.01. The molecule has 7 heteroatoms. The maximum atomic E-state index is 6.30. The number of benzene rings is 3. The van der Waals surface area contributed by atoms with E-state index in [9.17, 15) is 0 Å². The molecular formula is C24H20Cl4O3. The summed E-state index contributed by atoms with van der Waals surface area (Å²) in [7, 11) is 0. The van der Waals surface area contributed by atoms with Crippen LogP contribution in [0.15, 0.2) is 77.3 Å². The first-order chi connectivity index (χ1) is 15.0. The van der Waals surface area contributed by atoms with E-state index in [4.69, 9.17) is 60.6 Å². The number of hydrogen-bond acceptors (Lipinski definition) is 3. The van der Waals surface area contributed by atoms with E-state index in [1.54, 1.807) is 12.1 Å². The Balaban J connectivity index is 1.50. The molecule has 0 heterocycles. The average Bonchev–Trinajstić information content (AvgIpc) is 2.73. The topological polar surface area (TPSA) is 27.7 Å². The van der Waals surface area contributed by atoms with Gasteiger partial charge in [0.05, 0.1) is 16.7 Å². The molecule has 0 bridgehead atoms. The summed E-state index contributed by atoms with van der Waals surface area (Å²) in [6, 6.07) is 21.0. The summed E-state index contributed by atoms with van der Waals surface area (Å²) in [5.74, 6) is 2.55. The van der Waals surface area contributed by atoms with Crippen molar-refractivity contribution in [1.29, 1.82) is 0 Å². The minimum Gasteiger partial charge on any atom is -0.490 e. The molecule has 0 saturated heterocycles. The molecule has 162 valence electrons. The van der Waals surface area contributed by atoms with Gasteiger partial charge in [-0.2, -0.15) is 0 Å². The summed E-state index contributed by atoms with van der Waals surface area (Å²) in [5.41, 5.74) is 1.16. The maximum absolute atomic E-state index is 6.30. The lowest BCUT2D eigenvalue weighted by atomic mass is 10.1. The van der Waals surface area contributed by atoms with Crippen LogP contribution in [0, 0.1) is 0 Å². The largest absolute Gasteiger partial charge is 0.490 e. The van der Waals surface area contributed by atoms with Crippen molar-refractivity contribution in [2.24, 2.45) is 0 Å². The van der Waals surface area contributed by atoms with Crippen LogP contribution in [0.4, 0.5) is 0 Å². The molecule has 0 fully saturated rings. The molecule has 3 aromatic carbocycles. The zero-order valence-corrected chi connectivity index (χ0v) is 19.5. The highest BCUT2D eigenvalue weighted by atomic mass is 35.5. The Kier molecular flexibility index (Phi) is 9.23. The molecule has 0 spiro atoms. The van der Waals surface area contributed by atoms with Crippen molar-refractivity contribution in [2.45, 2.75) is 12.8 Å². The van der Waals surface area contributed by atoms with E-state index in [0.29, 0.717) is 28.2 Å². The van der Waals surface area contributed by atoms with E-state index in [1.165, 1.54) is 6.08 Å². The van der Waals surface area contributed by atoms with Gasteiger partial charge in [0.1, 0.15) is 28.3 Å². The lowest BCUT2D eigenvalue weighted by molar-refractivity contribution is 0.310. The Hall–Kier alpha value is -2.04. The number of halogens is 4. The predicted molar refractivity (Wildman–Crippen MR) is 129 cm³/mol. The Bertz CT molecular complexity index is 995. The summed E-state index contributed by atoms with van der Waals surface area (Å²) in [5, 5.41) is 0.753. The molecule has 0 aliphatic rings. The van der Waals surface area contributed by atoms with Crippen molar-refractivity contribution in [1.82, 2.24) is 0 Å². The molecule has 3 rings (SSSR count). The second-order valence-corrected chi connectivity index (χ2v) is 8.36. The third-order valence-corrected chi connectivity index (χ3v) is 5.06. The Morgan fingerprint density at radius 1 is 0.774 bits per heavy atom. The van der Waals surface area contributed by atoms with Gasteiger partial charge < -0.3 is 14.2 Å². The highest BCUT2D eigenvalue weighted by molar-refractivity contribution is 6.55. The number of aryl methyl sites for hydroxylation is 1. The van der Waals surface area contributed by atoms with Gasteiger partial charge in [0.15, 0.2) is 5.75 Å². The van der Waals surface area contributed by atoms with E-state index in [1.807, 2.05) is 48.5 Å². The van der Waals surface area contributed by atoms with Crippen LogP contribution in [-0.4, -0.2) is 13.2 Å². The van der Waals surface area contributed by atoms with Crippen LogP contribution in [0.1, 0.15) is 12.0 Å². The standard InChI is InChI=1S/C24H20Cl4O3/c25-21-15-20(29-13-11-23(27)28)16-22(26)24(21)30-12-5-7-17-6-4-10-19(14-17)31-18-8-2-1-3-9-18/h1-4,6,8-11,14-16H,5,7,12-13H2. The van der Waals surface area contributed by atoms with Crippen molar-refractivity contribution in [2.75, 3.05) is 13.2 Å². The van der Waals surface area contributed by atoms with Crippen molar-refractivity contribution >= 4 is 46.4 Å². The second-order valence-electron chi connectivity index (χ2n) is 6.54. The summed E-state index contributed by atoms with van der Waals surface area (Å²) in [6.07, 6.45) is 3.14. The van der Waals surface area contributed by atoms with Crippen LogP contribution in [0.5, 0.6) is 23.0 Å². The smallest absolute Gasteiger partial charge is 0.156 e.